The summed E-state index contributed by atoms with van der Waals surface area (Å²) in [5.74, 6) is -1.86. The van der Waals surface area contributed by atoms with E-state index in [2.05, 4.69) is 27.7 Å². The number of hydrogen-bond donors (Lipinski definition) is 10. The molecule has 6 rings (SSSR count). The van der Waals surface area contributed by atoms with Crippen LogP contribution in [0.5, 0.6) is 0 Å². The van der Waals surface area contributed by atoms with E-state index in [-0.39, 0.29) is 55.8 Å². The van der Waals surface area contributed by atoms with E-state index in [4.69, 9.17) is 23.7 Å². The lowest BCUT2D eigenvalue weighted by Crippen LogP contribution is -2.71. The molecule has 0 aromatic rings. The van der Waals surface area contributed by atoms with Gasteiger partial charge in [-0.25, -0.2) is 0 Å². The molecule has 0 bridgehead atoms. The predicted octanol–water partition coefficient (Wildman–Crippen LogP) is -0.734. The molecule has 0 aromatic heterocycles. The highest BCUT2D eigenvalue weighted by Crippen LogP contribution is 2.70. The maximum Gasteiger partial charge on any atom is 0.187 e. The van der Waals surface area contributed by atoms with E-state index < -0.39 is 108 Å². The summed E-state index contributed by atoms with van der Waals surface area (Å²) in [5.41, 5.74) is -2.75. The molecular weight excluding hydrogens is 708 g/mol. The molecule has 2 saturated heterocycles. The van der Waals surface area contributed by atoms with Crippen molar-refractivity contribution in [3.63, 3.8) is 0 Å². The zero-order valence-corrected chi connectivity index (χ0v) is 32.6. The fourth-order valence-corrected chi connectivity index (χ4v) is 12.5. The smallest absolute Gasteiger partial charge is 0.187 e. The monoisotopic (exact) mass is 776 g/mol. The molecular formula is C39H68O15. The SMILES string of the molecule is CO[C@H]1[C@H](O[C@H]2[C@H](OCC(CC[C@@H](C)[C@H]3[C@@H](O)C(O)C4[C@]5(O)CC(O)C6[C@@H](O)[C@@H](O)CC[C@]6(C)C5CC[C@@]43C)C(C)C)OC[C@@H](O)[C@@H]2O)OC[C@@H](O)[C@@H]1O. The Morgan fingerprint density at radius 3 is 1.93 bits per heavy atom. The maximum absolute atomic E-state index is 12.7. The zero-order chi connectivity index (χ0) is 39.7. The number of aliphatic hydroxyl groups is 10. The molecule has 22 atom stereocenters. The van der Waals surface area contributed by atoms with Crippen LogP contribution in [0, 0.1) is 52.3 Å². The molecule has 4 aliphatic carbocycles. The highest BCUT2D eigenvalue weighted by molar-refractivity contribution is 5.22. The third kappa shape index (κ3) is 7.23. The minimum Gasteiger partial charge on any atom is -0.393 e. The summed E-state index contributed by atoms with van der Waals surface area (Å²) in [6, 6.07) is 0. The molecule has 54 heavy (non-hydrogen) atoms. The number of ether oxygens (including phenoxy) is 5. The van der Waals surface area contributed by atoms with Gasteiger partial charge in [-0.05, 0) is 78.9 Å². The number of hydrogen-bond acceptors (Lipinski definition) is 15. The van der Waals surface area contributed by atoms with E-state index in [1.807, 2.05) is 6.92 Å². The van der Waals surface area contributed by atoms with Gasteiger partial charge in [0.15, 0.2) is 12.6 Å². The van der Waals surface area contributed by atoms with Crippen molar-refractivity contribution in [2.24, 2.45) is 52.3 Å². The molecule has 10 N–H and O–H groups in total. The zero-order valence-electron chi connectivity index (χ0n) is 32.6. The molecule has 6 unspecified atom stereocenters. The highest BCUT2D eigenvalue weighted by Gasteiger charge is 2.73. The van der Waals surface area contributed by atoms with Crippen LogP contribution < -0.4 is 0 Å². The topological polar surface area (TPSA) is 248 Å². The first-order valence-corrected chi connectivity index (χ1v) is 20.2. The minimum absolute atomic E-state index is 0.000707. The number of aliphatic hydroxyl groups excluding tert-OH is 9. The summed E-state index contributed by atoms with van der Waals surface area (Å²) in [7, 11) is 1.33. The average Bonchev–Trinajstić information content (AvgIpc) is 3.31. The van der Waals surface area contributed by atoms with Gasteiger partial charge in [-0.15, -0.1) is 0 Å². The normalized spacial score (nSPS) is 53.4. The van der Waals surface area contributed by atoms with Crippen molar-refractivity contribution in [2.75, 3.05) is 26.9 Å². The number of methoxy groups -OCH3 is 1. The average molecular weight is 777 g/mol. The molecule has 2 heterocycles. The Morgan fingerprint density at radius 2 is 1.30 bits per heavy atom. The van der Waals surface area contributed by atoms with Gasteiger partial charge in [0.05, 0.1) is 55.9 Å². The third-order valence-electron chi connectivity index (χ3n) is 15.3. The van der Waals surface area contributed by atoms with Crippen LogP contribution in [0.1, 0.15) is 79.6 Å². The summed E-state index contributed by atoms with van der Waals surface area (Å²) in [5, 5.41) is 111. The van der Waals surface area contributed by atoms with Gasteiger partial charge in [-0.1, -0.05) is 34.6 Å². The van der Waals surface area contributed by atoms with Crippen molar-refractivity contribution in [1.29, 1.82) is 0 Å². The quantitative estimate of drug-likeness (QED) is 0.124. The second-order valence-electron chi connectivity index (χ2n) is 18.7. The van der Waals surface area contributed by atoms with Crippen LogP contribution in [0.2, 0.25) is 0 Å². The molecule has 4 saturated carbocycles. The van der Waals surface area contributed by atoms with Gasteiger partial charge in [0, 0.05) is 25.4 Å². The van der Waals surface area contributed by atoms with E-state index in [1.165, 1.54) is 7.11 Å². The van der Waals surface area contributed by atoms with Crippen LogP contribution in [0.4, 0.5) is 0 Å². The van der Waals surface area contributed by atoms with Gasteiger partial charge < -0.3 is 74.7 Å². The first-order valence-electron chi connectivity index (χ1n) is 20.2. The van der Waals surface area contributed by atoms with Crippen molar-refractivity contribution in [3.8, 4) is 0 Å². The lowest BCUT2D eigenvalue weighted by Gasteiger charge is -2.66. The van der Waals surface area contributed by atoms with Crippen LogP contribution in [0.25, 0.3) is 0 Å². The maximum atomic E-state index is 12.7. The van der Waals surface area contributed by atoms with Crippen LogP contribution in [-0.4, -0.2) is 163 Å². The molecule has 15 heteroatoms. The minimum atomic E-state index is -1.47. The van der Waals surface area contributed by atoms with E-state index in [1.54, 1.807) is 0 Å². The van der Waals surface area contributed by atoms with Crippen molar-refractivity contribution >= 4 is 0 Å². The third-order valence-corrected chi connectivity index (χ3v) is 15.3. The molecule has 6 aliphatic rings. The fourth-order valence-electron chi connectivity index (χ4n) is 12.5. The molecule has 314 valence electrons. The molecule has 0 radical (unpaired) electrons. The van der Waals surface area contributed by atoms with Crippen molar-refractivity contribution in [3.05, 3.63) is 0 Å². The van der Waals surface area contributed by atoms with Gasteiger partial charge in [-0.3, -0.25) is 0 Å². The van der Waals surface area contributed by atoms with E-state index in [0.29, 0.717) is 38.5 Å². The van der Waals surface area contributed by atoms with Crippen molar-refractivity contribution in [1.82, 2.24) is 0 Å². The van der Waals surface area contributed by atoms with Gasteiger partial charge >= 0.3 is 0 Å². The number of fused-ring (bicyclic) bond motifs is 5. The van der Waals surface area contributed by atoms with Gasteiger partial charge in [0.1, 0.15) is 36.6 Å². The Labute approximate surface area is 318 Å². The largest absolute Gasteiger partial charge is 0.393 e. The summed E-state index contributed by atoms with van der Waals surface area (Å²) >= 11 is 0. The van der Waals surface area contributed by atoms with Crippen LogP contribution >= 0.6 is 0 Å². The van der Waals surface area contributed by atoms with E-state index in [0.717, 1.165) is 0 Å². The fraction of sp³-hybridized carbons (Fsp3) is 1.00. The Kier molecular flexibility index (Phi) is 12.9. The van der Waals surface area contributed by atoms with Gasteiger partial charge in [0.2, 0.25) is 0 Å². The predicted molar refractivity (Wildman–Crippen MR) is 190 cm³/mol. The first kappa shape index (κ1) is 43.0. The molecule has 6 fully saturated rings. The van der Waals surface area contributed by atoms with E-state index >= 15 is 0 Å². The second kappa shape index (κ2) is 16.2. The summed E-state index contributed by atoms with van der Waals surface area (Å²) in [4.78, 5) is 0. The molecule has 15 nitrogen and oxygen atoms in total. The Balaban J connectivity index is 1.12. The molecule has 0 spiro atoms. The van der Waals surface area contributed by atoms with E-state index in [9.17, 15) is 51.1 Å². The second-order valence-corrected chi connectivity index (χ2v) is 18.7. The van der Waals surface area contributed by atoms with Crippen LogP contribution in [-0.2, 0) is 23.7 Å². The highest BCUT2D eigenvalue weighted by atomic mass is 16.8. The lowest BCUT2D eigenvalue weighted by atomic mass is 9.41. The Morgan fingerprint density at radius 1 is 0.685 bits per heavy atom. The first-order chi connectivity index (χ1) is 25.3. The summed E-state index contributed by atoms with van der Waals surface area (Å²) < 4.78 is 28.9. The summed E-state index contributed by atoms with van der Waals surface area (Å²) in [6.45, 7) is 10.1. The standard InChI is InChI=1S/C39H68O15/c1-17(2)19(14-51-35-33(29(46)23(43)15-52-35)54-36-32(50-6)28(45)22(42)16-53-36)8-7-18(3)25-30(47)31(48)34-38(25,5)12-10-24-37(4)11-9-20(40)27(44)26(37)21(41)13-39(24,34)49/h17-36,40-49H,7-16H2,1-6H3/t18-,19?,20+,21?,22-,23-,24?,25+,26?,27+,28+,29+,30-,31?,32-,33-,34?,35-,36+,37-,38-,39+/m1/s1. The van der Waals surface area contributed by atoms with Crippen molar-refractivity contribution in [2.45, 2.75) is 165 Å². The molecule has 0 amide bonds. The molecule has 2 aliphatic heterocycles. The van der Waals surface area contributed by atoms with Crippen LogP contribution in [0.15, 0.2) is 0 Å². The number of rotatable bonds is 11. The van der Waals surface area contributed by atoms with Crippen LogP contribution in [0.3, 0.4) is 0 Å². The molecule has 0 aromatic carbocycles. The van der Waals surface area contributed by atoms with Crippen molar-refractivity contribution < 1.29 is 74.7 Å². The van der Waals surface area contributed by atoms with Gasteiger partial charge in [0.25, 0.3) is 0 Å². The Hall–Kier alpha value is -0.600. The van der Waals surface area contributed by atoms with Gasteiger partial charge in [-0.2, -0.15) is 0 Å². The lowest BCUT2D eigenvalue weighted by molar-refractivity contribution is -0.346. The summed E-state index contributed by atoms with van der Waals surface area (Å²) in [6.07, 6.45) is -11.6. The Bertz CT molecular complexity index is 1260.